The van der Waals surface area contributed by atoms with Crippen LogP contribution in [-0.4, -0.2) is 12.8 Å². The van der Waals surface area contributed by atoms with Crippen molar-refractivity contribution in [1.82, 2.24) is 4.84 Å². The van der Waals surface area contributed by atoms with Crippen molar-refractivity contribution in [1.29, 1.82) is 0 Å². The Labute approximate surface area is 35.2 Å². The van der Waals surface area contributed by atoms with E-state index in [1.165, 1.54) is 0 Å². The quantitative estimate of drug-likeness (QED) is 0.383. The Hall–Kier alpha value is -0.0800. The normalized spacial score (nSPS) is 7.40. The third kappa shape index (κ3) is 3.92. The van der Waals surface area contributed by atoms with Gasteiger partial charge in [0.2, 0.25) is 0 Å². The molecule has 0 fully saturated rings. The van der Waals surface area contributed by atoms with Gasteiger partial charge in [-0.3, -0.25) is 0 Å². The molecule has 5 heavy (non-hydrogen) atoms. The van der Waals surface area contributed by atoms with Crippen LogP contribution in [0.2, 0.25) is 0 Å². The smallest absolute Gasteiger partial charge is 0.135 e. The van der Waals surface area contributed by atoms with E-state index in [-0.39, 0.29) is 6.54 Å². The van der Waals surface area contributed by atoms with Gasteiger partial charge in [0.25, 0.3) is 0 Å². The van der Waals surface area contributed by atoms with Gasteiger partial charge < -0.3 is 4.79 Å². The molecule has 0 unspecified atom stereocenters. The maximum Gasteiger partial charge on any atom is 0.135 e. The van der Waals surface area contributed by atoms with E-state index in [0.717, 1.165) is 0 Å². The fourth-order valence-electron chi connectivity index (χ4n) is 0.0315. The molecule has 0 aromatic rings. The summed E-state index contributed by atoms with van der Waals surface area (Å²) in [5.41, 5.74) is 0. The fourth-order valence-corrected chi connectivity index (χ4v) is 0.0945. The molecule has 0 aromatic carbocycles. The number of halogens is 1. The maximum absolute atomic E-state index is 9.26. The Balaban J connectivity index is 2.40. The molecular formula is C2H4ClNO. The standard InChI is InChI=1S/C2H4ClNO/c3-4-1-2-5/h2,4H,1H2. The van der Waals surface area contributed by atoms with Crippen molar-refractivity contribution in [3.8, 4) is 0 Å². The van der Waals surface area contributed by atoms with Crippen LogP contribution in [0.15, 0.2) is 0 Å². The SMILES string of the molecule is O=CCNCl. The van der Waals surface area contributed by atoms with Crippen molar-refractivity contribution in [2.24, 2.45) is 0 Å². The highest BCUT2D eigenvalue weighted by molar-refractivity contribution is 6.14. The first-order valence-electron chi connectivity index (χ1n) is 1.19. The van der Waals surface area contributed by atoms with Crippen molar-refractivity contribution in [2.45, 2.75) is 0 Å². The zero-order chi connectivity index (χ0) is 4.12. The van der Waals surface area contributed by atoms with Crippen molar-refractivity contribution in [3.05, 3.63) is 0 Å². The molecule has 0 aromatic heterocycles. The van der Waals surface area contributed by atoms with Gasteiger partial charge >= 0.3 is 0 Å². The molecule has 0 bridgehead atoms. The highest BCUT2D eigenvalue weighted by atomic mass is 35.5. The Bertz CT molecular complexity index is 30.8. The number of hydrogen-bond donors (Lipinski definition) is 1. The minimum absolute atomic E-state index is 0.224. The van der Waals surface area contributed by atoms with Gasteiger partial charge in [0, 0.05) is 0 Å². The molecular weight excluding hydrogens is 89.5 g/mol. The molecule has 0 aliphatic rings. The summed E-state index contributed by atoms with van der Waals surface area (Å²) >= 11 is 4.82. The topological polar surface area (TPSA) is 29.1 Å². The molecule has 0 aliphatic carbocycles. The van der Waals surface area contributed by atoms with Crippen molar-refractivity contribution < 1.29 is 4.79 Å². The molecule has 0 atom stereocenters. The Morgan fingerprint density at radius 3 is 2.60 bits per heavy atom. The molecule has 0 amide bonds. The summed E-state index contributed by atoms with van der Waals surface area (Å²) in [6, 6.07) is 0. The largest absolute Gasteiger partial charge is 0.302 e. The monoisotopic (exact) mass is 93.0 g/mol. The van der Waals surface area contributed by atoms with Crippen molar-refractivity contribution in [2.75, 3.05) is 6.54 Å². The zero-order valence-corrected chi connectivity index (χ0v) is 3.33. The first-order chi connectivity index (χ1) is 2.41. The van der Waals surface area contributed by atoms with Gasteiger partial charge in [-0.05, 0) is 11.8 Å². The lowest BCUT2D eigenvalue weighted by Crippen LogP contribution is -1.99. The first-order valence-corrected chi connectivity index (χ1v) is 1.56. The van der Waals surface area contributed by atoms with Crippen molar-refractivity contribution >= 4 is 18.1 Å². The van der Waals surface area contributed by atoms with Gasteiger partial charge in [-0.25, -0.2) is 4.84 Å². The lowest BCUT2D eigenvalue weighted by atomic mass is 10.8. The highest BCUT2D eigenvalue weighted by Gasteiger charge is 1.65. The second-order valence-corrected chi connectivity index (χ2v) is 0.772. The molecule has 0 saturated carbocycles. The second kappa shape index (κ2) is 3.92. The predicted octanol–water partition coefficient (Wildman–Crippen LogP) is -0.0713. The molecule has 0 rings (SSSR count). The molecule has 0 aliphatic heterocycles. The number of carbonyl (C=O) groups excluding carboxylic acids is 1. The fraction of sp³-hybridized carbons (Fsp3) is 0.500. The second-order valence-electron chi connectivity index (χ2n) is 0.504. The zero-order valence-electron chi connectivity index (χ0n) is 2.57. The summed E-state index contributed by atoms with van der Waals surface area (Å²) in [5, 5.41) is 0. The third-order valence-electron chi connectivity index (χ3n) is 0.160. The molecule has 3 heteroatoms. The van der Waals surface area contributed by atoms with Gasteiger partial charge in [0.05, 0.1) is 6.54 Å². The van der Waals surface area contributed by atoms with Gasteiger partial charge in [-0.15, -0.1) is 0 Å². The van der Waals surface area contributed by atoms with Crippen LogP contribution in [0.3, 0.4) is 0 Å². The average Bonchev–Trinajstić information content (AvgIpc) is 1.41. The first kappa shape index (κ1) is 4.92. The Morgan fingerprint density at radius 1 is 2.00 bits per heavy atom. The van der Waals surface area contributed by atoms with E-state index in [0.29, 0.717) is 6.29 Å². The van der Waals surface area contributed by atoms with Crippen LogP contribution in [0, 0.1) is 0 Å². The van der Waals surface area contributed by atoms with E-state index >= 15 is 0 Å². The van der Waals surface area contributed by atoms with Crippen LogP contribution in [0.4, 0.5) is 0 Å². The average molecular weight is 93.5 g/mol. The lowest BCUT2D eigenvalue weighted by Gasteiger charge is -1.71. The van der Waals surface area contributed by atoms with Crippen LogP contribution in [-0.2, 0) is 4.79 Å². The molecule has 1 N–H and O–H groups in total. The summed E-state index contributed by atoms with van der Waals surface area (Å²) in [4.78, 5) is 11.4. The number of hydrogen-bond acceptors (Lipinski definition) is 2. The lowest BCUT2D eigenvalue weighted by molar-refractivity contribution is -0.106. The Morgan fingerprint density at radius 2 is 2.60 bits per heavy atom. The van der Waals surface area contributed by atoms with Crippen LogP contribution < -0.4 is 4.84 Å². The van der Waals surface area contributed by atoms with E-state index < -0.39 is 0 Å². The third-order valence-corrected chi connectivity index (χ3v) is 0.315. The summed E-state index contributed by atoms with van der Waals surface area (Å²) in [5.74, 6) is 0. The number of rotatable bonds is 2. The Kier molecular flexibility index (Phi) is 3.86. The number of aldehydes is 1. The van der Waals surface area contributed by atoms with E-state index in [9.17, 15) is 4.79 Å². The number of carbonyl (C=O) groups is 1. The molecule has 0 spiro atoms. The van der Waals surface area contributed by atoms with Crippen molar-refractivity contribution in [3.63, 3.8) is 0 Å². The minimum Gasteiger partial charge on any atom is -0.302 e. The maximum atomic E-state index is 9.26. The van der Waals surface area contributed by atoms with Gasteiger partial charge in [-0.1, -0.05) is 0 Å². The van der Waals surface area contributed by atoms with Gasteiger partial charge in [0.1, 0.15) is 6.29 Å². The van der Waals surface area contributed by atoms with E-state index in [1.54, 1.807) is 0 Å². The molecule has 2 nitrogen and oxygen atoms in total. The minimum atomic E-state index is 0.224. The highest BCUT2D eigenvalue weighted by Crippen LogP contribution is 1.50. The van der Waals surface area contributed by atoms with E-state index in [1.807, 2.05) is 0 Å². The van der Waals surface area contributed by atoms with Crippen LogP contribution in [0.5, 0.6) is 0 Å². The predicted molar refractivity (Wildman–Crippen MR) is 19.9 cm³/mol. The molecule has 0 heterocycles. The van der Waals surface area contributed by atoms with Crippen LogP contribution >= 0.6 is 11.8 Å². The van der Waals surface area contributed by atoms with Crippen LogP contribution in [0.25, 0.3) is 0 Å². The molecule has 0 saturated heterocycles. The summed E-state index contributed by atoms with van der Waals surface area (Å²) in [6.45, 7) is 0.224. The number of nitrogens with one attached hydrogen (secondary N) is 1. The van der Waals surface area contributed by atoms with E-state index in [2.05, 4.69) is 4.84 Å². The summed E-state index contributed by atoms with van der Waals surface area (Å²) in [6.07, 6.45) is 0.688. The van der Waals surface area contributed by atoms with Crippen LogP contribution in [0.1, 0.15) is 0 Å². The van der Waals surface area contributed by atoms with Gasteiger partial charge in [0.15, 0.2) is 0 Å². The molecule has 30 valence electrons. The van der Waals surface area contributed by atoms with E-state index in [4.69, 9.17) is 11.8 Å². The summed E-state index contributed by atoms with van der Waals surface area (Å²) in [7, 11) is 0. The summed E-state index contributed by atoms with van der Waals surface area (Å²) < 4.78 is 0. The molecule has 0 radical (unpaired) electrons. The van der Waals surface area contributed by atoms with Gasteiger partial charge in [-0.2, -0.15) is 0 Å².